The van der Waals surface area contributed by atoms with E-state index in [9.17, 15) is 4.79 Å². The van der Waals surface area contributed by atoms with Gasteiger partial charge in [-0.3, -0.25) is 9.79 Å². The molecule has 0 fully saturated rings. The Morgan fingerprint density at radius 2 is 2.25 bits per heavy atom. The fourth-order valence-electron chi connectivity index (χ4n) is 1.82. The van der Waals surface area contributed by atoms with Gasteiger partial charge in [0.15, 0.2) is 0 Å². The summed E-state index contributed by atoms with van der Waals surface area (Å²) in [5, 5.41) is 2.95. The van der Waals surface area contributed by atoms with Crippen LogP contribution in [0.15, 0.2) is 29.3 Å². The Labute approximate surface area is 95.6 Å². The molecule has 0 aromatic heterocycles. The highest BCUT2D eigenvalue weighted by atomic mass is 16.1. The van der Waals surface area contributed by atoms with Crippen molar-refractivity contribution in [2.24, 2.45) is 10.9 Å². The van der Waals surface area contributed by atoms with Crippen LogP contribution >= 0.6 is 0 Å². The molecule has 0 bridgehead atoms. The van der Waals surface area contributed by atoms with Crippen molar-refractivity contribution in [3.8, 4) is 0 Å². The number of nitrogens with one attached hydrogen (secondary N) is 1. The van der Waals surface area contributed by atoms with E-state index in [0.29, 0.717) is 0 Å². The van der Waals surface area contributed by atoms with Crippen LogP contribution in [0.4, 0.5) is 5.69 Å². The summed E-state index contributed by atoms with van der Waals surface area (Å²) in [6.45, 7) is 2.85. The second-order valence-corrected chi connectivity index (χ2v) is 4.11. The van der Waals surface area contributed by atoms with E-state index in [1.165, 1.54) is 0 Å². The summed E-state index contributed by atoms with van der Waals surface area (Å²) < 4.78 is 0. The molecule has 1 atom stereocenters. The van der Waals surface area contributed by atoms with Crippen LogP contribution in [0.1, 0.15) is 18.4 Å². The lowest BCUT2D eigenvalue weighted by atomic mass is 10.0. The maximum Gasteiger partial charge on any atom is 0.232 e. The Hall–Kier alpha value is -1.64. The smallest absolute Gasteiger partial charge is 0.232 e. The molecule has 2 rings (SSSR count). The number of amides is 1. The van der Waals surface area contributed by atoms with Crippen molar-refractivity contribution in [1.82, 2.24) is 0 Å². The number of carbonyl (C=O) groups excluding carboxylic acids is 1. The second kappa shape index (κ2) is 4.92. The molecule has 1 heterocycles. The summed E-state index contributed by atoms with van der Waals surface area (Å²) in [5.41, 5.74) is 1.98. The molecule has 0 aliphatic carbocycles. The van der Waals surface area contributed by atoms with E-state index < -0.39 is 0 Å². The number of carbonyl (C=O) groups is 1. The number of aliphatic imine (C=N–C) groups is 1. The largest absolute Gasteiger partial charge is 0.325 e. The van der Waals surface area contributed by atoms with Crippen LogP contribution in [0.2, 0.25) is 0 Å². The topological polar surface area (TPSA) is 41.5 Å². The molecule has 1 N–H and O–H groups in total. The molecular weight excluding hydrogens is 200 g/mol. The van der Waals surface area contributed by atoms with Gasteiger partial charge in [0, 0.05) is 18.4 Å². The first-order chi connectivity index (χ1) is 7.77. The SMILES string of the molecule is Cc1ccccc1NC(=O)C1C=NCCC1. The third-order valence-electron chi connectivity index (χ3n) is 2.83. The van der Waals surface area contributed by atoms with Crippen LogP contribution < -0.4 is 5.32 Å². The highest BCUT2D eigenvalue weighted by molar-refractivity contribution is 6.02. The van der Waals surface area contributed by atoms with Crippen molar-refractivity contribution in [2.45, 2.75) is 19.8 Å². The standard InChI is InChI=1S/C13H16N2O/c1-10-5-2-3-7-12(10)15-13(16)11-6-4-8-14-9-11/h2-3,5,7,9,11H,4,6,8H2,1H3,(H,15,16). The molecule has 1 aromatic rings. The highest BCUT2D eigenvalue weighted by Crippen LogP contribution is 2.16. The lowest BCUT2D eigenvalue weighted by molar-refractivity contribution is -0.118. The number of para-hydroxylation sites is 1. The van der Waals surface area contributed by atoms with Gasteiger partial charge in [-0.1, -0.05) is 18.2 Å². The monoisotopic (exact) mass is 216 g/mol. The Morgan fingerprint density at radius 1 is 1.44 bits per heavy atom. The second-order valence-electron chi connectivity index (χ2n) is 4.11. The number of aryl methyl sites for hydroxylation is 1. The third-order valence-corrected chi connectivity index (χ3v) is 2.83. The molecule has 0 saturated carbocycles. The summed E-state index contributed by atoms with van der Waals surface area (Å²) in [5.74, 6) is -0.00824. The molecule has 0 spiro atoms. The summed E-state index contributed by atoms with van der Waals surface area (Å²) >= 11 is 0. The molecule has 1 aromatic carbocycles. The first-order valence-corrected chi connectivity index (χ1v) is 5.64. The fraction of sp³-hybridized carbons (Fsp3) is 0.385. The Kier molecular flexibility index (Phi) is 3.34. The molecule has 3 heteroatoms. The average Bonchev–Trinajstić information content (AvgIpc) is 2.33. The third kappa shape index (κ3) is 2.48. The summed E-state index contributed by atoms with van der Waals surface area (Å²) in [4.78, 5) is 16.1. The van der Waals surface area contributed by atoms with E-state index in [4.69, 9.17) is 0 Å². The molecule has 1 aliphatic rings. The zero-order valence-corrected chi connectivity index (χ0v) is 9.44. The van der Waals surface area contributed by atoms with E-state index in [1.807, 2.05) is 31.2 Å². The number of anilines is 1. The zero-order valence-electron chi connectivity index (χ0n) is 9.44. The molecule has 0 radical (unpaired) electrons. The minimum atomic E-state index is -0.0617. The van der Waals surface area contributed by atoms with Crippen molar-refractivity contribution < 1.29 is 4.79 Å². The van der Waals surface area contributed by atoms with Crippen LogP contribution in [0.3, 0.4) is 0 Å². The van der Waals surface area contributed by atoms with Gasteiger partial charge in [0.1, 0.15) is 0 Å². The van der Waals surface area contributed by atoms with E-state index in [-0.39, 0.29) is 11.8 Å². The van der Waals surface area contributed by atoms with Crippen molar-refractivity contribution in [1.29, 1.82) is 0 Å². The van der Waals surface area contributed by atoms with E-state index in [1.54, 1.807) is 6.21 Å². The molecule has 1 unspecified atom stereocenters. The van der Waals surface area contributed by atoms with Gasteiger partial charge < -0.3 is 5.32 Å². The van der Waals surface area contributed by atoms with Gasteiger partial charge in [0.25, 0.3) is 0 Å². The van der Waals surface area contributed by atoms with Gasteiger partial charge in [0.2, 0.25) is 5.91 Å². The minimum Gasteiger partial charge on any atom is -0.325 e. The first kappa shape index (κ1) is 10.9. The van der Waals surface area contributed by atoms with Gasteiger partial charge in [-0.25, -0.2) is 0 Å². The number of rotatable bonds is 2. The van der Waals surface area contributed by atoms with Crippen LogP contribution in [-0.4, -0.2) is 18.7 Å². The lowest BCUT2D eigenvalue weighted by Crippen LogP contribution is -2.26. The fourth-order valence-corrected chi connectivity index (χ4v) is 1.82. The number of nitrogens with zero attached hydrogens (tertiary/aromatic N) is 1. The maximum atomic E-state index is 11.9. The average molecular weight is 216 g/mol. The van der Waals surface area contributed by atoms with Crippen LogP contribution in [0, 0.1) is 12.8 Å². The summed E-state index contributed by atoms with van der Waals surface area (Å²) in [6.07, 6.45) is 3.68. The molecule has 16 heavy (non-hydrogen) atoms. The van der Waals surface area contributed by atoms with Gasteiger partial charge >= 0.3 is 0 Å². The van der Waals surface area contributed by atoms with Gasteiger partial charge in [-0.2, -0.15) is 0 Å². The number of benzene rings is 1. The van der Waals surface area contributed by atoms with Gasteiger partial charge in [-0.05, 0) is 31.4 Å². The summed E-state index contributed by atoms with van der Waals surface area (Å²) in [6, 6.07) is 7.81. The maximum absolute atomic E-state index is 11.9. The first-order valence-electron chi connectivity index (χ1n) is 5.64. The van der Waals surface area contributed by atoms with Gasteiger partial charge in [-0.15, -0.1) is 0 Å². The van der Waals surface area contributed by atoms with Crippen molar-refractivity contribution in [3.63, 3.8) is 0 Å². The summed E-state index contributed by atoms with van der Waals surface area (Å²) in [7, 11) is 0. The number of hydrogen-bond acceptors (Lipinski definition) is 2. The van der Waals surface area contributed by atoms with Crippen LogP contribution in [0.5, 0.6) is 0 Å². The van der Waals surface area contributed by atoms with E-state index in [2.05, 4.69) is 10.3 Å². The van der Waals surface area contributed by atoms with Gasteiger partial charge in [0.05, 0.1) is 5.92 Å². The van der Waals surface area contributed by atoms with Crippen molar-refractivity contribution >= 4 is 17.8 Å². The lowest BCUT2D eigenvalue weighted by Gasteiger charge is -2.16. The Morgan fingerprint density at radius 3 is 2.94 bits per heavy atom. The van der Waals surface area contributed by atoms with E-state index >= 15 is 0 Å². The molecule has 1 amide bonds. The molecule has 84 valence electrons. The quantitative estimate of drug-likeness (QED) is 0.810. The highest BCUT2D eigenvalue weighted by Gasteiger charge is 2.18. The predicted molar refractivity (Wildman–Crippen MR) is 65.9 cm³/mol. The van der Waals surface area contributed by atoms with Crippen molar-refractivity contribution in [3.05, 3.63) is 29.8 Å². The number of hydrogen-bond donors (Lipinski definition) is 1. The van der Waals surface area contributed by atoms with Crippen LogP contribution in [0.25, 0.3) is 0 Å². The predicted octanol–water partition coefficient (Wildman–Crippen LogP) is 2.41. The van der Waals surface area contributed by atoms with Crippen molar-refractivity contribution in [2.75, 3.05) is 11.9 Å². The normalized spacial score (nSPS) is 19.4. The Balaban J connectivity index is 2.04. The molecule has 0 saturated heterocycles. The molecule has 3 nitrogen and oxygen atoms in total. The Bertz CT molecular complexity index is 412. The minimum absolute atomic E-state index is 0.0535. The van der Waals surface area contributed by atoms with Crippen LogP contribution in [-0.2, 0) is 4.79 Å². The molecule has 1 aliphatic heterocycles. The molecular formula is C13H16N2O. The zero-order chi connectivity index (χ0) is 11.4. The van der Waals surface area contributed by atoms with E-state index in [0.717, 1.165) is 30.6 Å².